The van der Waals surface area contributed by atoms with E-state index in [-0.39, 0.29) is 21.7 Å². The number of nitrogens with one attached hydrogen (secondary N) is 3. The van der Waals surface area contributed by atoms with Crippen molar-refractivity contribution in [2.45, 2.75) is 31.7 Å². The summed E-state index contributed by atoms with van der Waals surface area (Å²) in [7, 11) is 0. The molecule has 0 aliphatic heterocycles. The van der Waals surface area contributed by atoms with Crippen LogP contribution in [0.1, 0.15) is 46.5 Å². The minimum atomic E-state index is -1.03. The van der Waals surface area contributed by atoms with Gasteiger partial charge in [0.1, 0.15) is 4.88 Å². The molecule has 0 amide bonds. The molecule has 6 nitrogen and oxygen atoms in total. The molecule has 1 aliphatic rings. The fraction of sp³-hybridized carbons (Fsp3) is 0.312. The van der Waals surface area contributed by atoms with Crippen LogP contribution in [0.3, 0.4) is 0 Å². The van der Waals surface area contributed by atoms with Gasteiger partial charge in [0, 0.05) is 23.2 Å². The average molecular weight is 331 g/mol. The molecule has 2 heterocycles. The van der Waals surface area contributed by atoms with Gasteiger partial charge in [0.2, 0.25) is 0 Å². The lowest BCUT2D eigenvalue weighted by Gasteiger charge is -2.16. The van der Waals surface area contributed by atoms with E-state index in [9.17, 15) is 9.59 Å². The Balaban J connectivity index is 1.95. The van der Waals surface area contributed by atoms with E-state index in [1.807, 2.05) is 0 Å². The first-order valence-electron chi connectivity index (χ1n) is 7.45. The Hall–Kier alpha value is -2.41. The Morgan fingerprint density at radius 1 is 1.39 bits per heavy atom. The molecule has 0 aromatic carbocycles. The summed E-state index contributed by atoms with van der Waals surface area (Å²) in [6, 6.07) is 3.51. The summed E-state index contributed by atoms with van der Waals surface area (Å²) < 4.78 is 0. The molecule has 3 rings (SSSR count). The topological polar surface area (TPSA) is 106 Å². The zero-order valence-corrected chi connectivity index (χ0v) is 13.2. The molecule has 0 atom stereocenters. The maximum Gasteiger partial charge on any atom is 0.345 e. The lowest BCUT2D eigenvalue weighted by Crippen LogP contribution is -2.24. The SMILES string of the molecule is N=C(c1csc(C(=O)O)c1)c1c(NC2CCCC2)cc[nH]c1=O. The van der Waals surface area contributed by atoms with E-state index in [1.54, 1.807) is 17.6 Å². The van der Waals surface area contributed by atoms with Crippen LogP contribution in [0.4, 0.5) is 5.69 Å². The number of hydrogen-bond acceptors (Lipinski definition) is 5. The van der Waals surface area contributed by atoms with Crippen molar-refractivity contribution in [2.24, 2.45) is 0 Å². The van der Waals surface area contributed by atoms with E-state index in [1.165, 1.54) is 18.9 Å². The van der Waals surface area contributed by atoms with Gasteiger partial charge in [-0.25, -0.2) is 4.79 Å². The van der Waals surface area contributed by atoms with Crippen molar-refractivity contribution in [1.82, 2.24) is 4.98 Å². The summed E-state index contributed by atoms with van der Waals surface area (Å²) >= 11 is 1.05. The maximum absolute atomic E-state index is 12.2. The van der Waals surface area contributed by atoms with Crippen molar-refractivity contribution in [2.75, 3.05) is 5.32 Å². The third kappa shape index (κ3) is 3.19. The van der Waals surface area contributed by atoms with Crippen LogP contribution in [-0.2, 0) is 0 Å². The lowest BCUT2D eigenvalue weighted by atomic mass is 10.0. The molecule has 0 radical (unpaired) electrons. The number of H-pyrrole nitrogens is 1. The molecule has 2 aromatic heterocycles. The van der Waals surface area contributed by atoms with Gasteiger partial charge in [-0.3, -0.25) is 10.2 Å². The van der Waals surface area contributed by atoms with Crippen molar-refractivity contribution < 1.29 is 9.90 Å². The molecular weight excluding hydrogens is 314 g/mol. The van der Waals surface area contributed by atoms with Gasteiger partial charge in [-0.2, -0.15) is 0 Å². The highest BCUT2D eigenvalue weighted by molar-refractivity contribution is 7.12. The number of aromatic nitrogens is 1. The zero-order chi connectivity index (χ0) is 16.4. The molecule has 4 N–H and O–H groups in total. The third-order valence-electron chi connectivity index (χ3n) is 4.02. The van der Waals surface area contributed by atoms with E-state index in [0.717, 1.165) is 24.2 Å². The number of carboxylic acid groups (broad SMARTS) is 1. The Morgan fingerprint density at radius 3 is 2.78 bits per heavy atom. The summed E-state index contributed by atoms with van der Waals surface area (Å²) in [6.07, 6.45) is 6.01. The molecule has 1 saturated carbocycles. The molecule has 7 heteroatoms. The summed E-state index contributed by atoms with van der Waals surface area (Å²) in [5.41, 5.74) is 1.03. The quantitative estimate of drug-likeness (QED) is 0.632. The van der Waals surface area contributed by atoms with Crippen LogP contribution in [0.2, 0.25) is 0 Å². The predicted molar refractivity (Wildman–Crippen MR) is 90.2 cm³/mol. The largest absolute Gasteiger partial charge is 0.477 e. The molecule has 1 fully saturated rings. The van der Waals surface area contributed by atoms with Gasteiger partial charge in [-0.15, -0.1) is 11.3 Å². The zero-order valence-electron chi connectivity index (χ0n) is 12.4. The van der Waals surface area contributed by atoms with Gasteiger partial charge < -0.3 is 15.4 Å². The highest BCUT2D eigenvalue weighted by atomic mass is 32.1. The van der Waals surface area contributed by atoms with Crippen molar-refractivity contribution >= 4 is 28.7 Å². The molecular formula is C16H17N3O3S. The number of anilines is 1. The first-order chi connectivity index (χ1) is 11.1. The minimum absolute atomic E-state index is 0.0381. The van der Waals surface area contributed by atoms with Crippen LogP contribution in [-0.4, -0.2) is 27.8 Å². The molecule has 2 aromatic rings. The van der Waals surface area contributed by atoms with Gasteiger partial charge in [0.25, 0.3) is 5.56 Å². The summed E-state index contributed by atoms with van der Waals surface area (Å²) in [5.74, 6) is -1.03. The molecule has 23 heavy (non-hydrogen) atoms. The first kappa shape index (κ1) is 15.5. The third-order valence-corrected chi connectivity index (χ3v) is 4.94. The van der Waals surface area contributed by atoms with Gasteiger partial charge in [-0.1, -0.05) is 12.8 Å². The fourth-order valence-electron chi connectivity index (χ4n) is 2.86. The normalized spacial score (nSPS) is 14.8. The number of aromatic carboxylic acids is 1. The predicted octanol–water partition coefficient (Wildman–Crippen LogP) is 2.91. The van der Waals surface area contributed by atoms with Gasteiger partial charge in [-0.05, 0) is 25.0 Å². The molecule has 1 aliphatic carbocycles. The minimum Gasteiger partial charge on any atom is -0.477 e. The van der Waals surface area contributed by atoms with Crippen LogP contribution >= 0.6 is 11.3 Å². The number of pyridine rings is 1. The van der Waals surface area contributed by atoms with Crippen molar-refractivity contribution in [1.29, 1.82) is 5.41 Å². The smallest absolute Gasteiger partial charge is 0.345 e. The van der Waals surface area contributed by atoms with Crippen LogP contribution < -0.4 is 10.9 Å². The number of hydrogen-bond donors (Lipinski definition) is 4. The van der Waals surface area contributed by atoms with E-state index in [4.69, 9.17) is 10.5 Å². The Morgan fingerprint density at radius 2 is 2.13 bits per heavy atom. The van der Waals surface area contributed by atoms with Crippen molar-refractivity contribution in [3.8, 4) is 0 Å². The van der Waals surface area contributed by atoms with Crippen LogP contribution in [0.5, 0.6) is 0 Å². The fourth-order valence-corrected chi connectivity index (χ4v) is 3.60. The summed E-state index contributed by atoms with van der Waals surface area (Å²) in [5, 5.41) is 22.3. The second-order valence-electron chi connectivity index (χ2n) is 5.60. The number of carboxylic acids is 1. The lowest BCUT2D eigenvalue weighted by molar-refractivity contribution is 0.0702. The van der Waals surface area contributed by atoms with E-state index >= 15 is 0 Å². The number of aromatic amines is 1. The van der Waals surface area contributed by atoms with Gasteiger partial charge in [0.05, 0.1) is 17.0 Å². The molecule has 0 bridgehead atoms. The van der Waals surface area contributed by atoms with Crippen molar-refractivity contribution in [3.63, 3.8) is 0 Å². The van der Waals surface area contributed by atoms with Crippen molar-refractivity contribution in [3.05, 3.63) is 50.1 Å². The van der Waals surface area contributed by atoms with E-state index < -0.39 is 5.97 Å². The number of thiophene rings is 1. The molecule has 0 saturated heterocycles. The van der Waals surface area contributed by atoms with E-state index in [0.29, 0.717) is 17.3 Å². The second kappa shape index (κ2) is 6.37. The standard InChI is InChI=1S/C16H17N3O3S/c17-14(9-7-12(16(21)22)23-8-9)13-11(5-6-18-15(13)20)19-10-3-1-2-4-10/h5-8,10,17H,1-4H2,(H,21,22)(H2,18,19,20). The number of carbonyl (C=O) groups is 1. The summed E-state index contributed by atoms with van der Waals surface area (Å²) in [4.78, 5) is 26.0. The van der Waals surface area contributed by atoms with Crippen LogP contribution in [0, 0.1) is 5.41 Å². The molecule has 0 unspecified atom stereocenters. The highest BCUT2D eigenvalue weighted by Gasteiger charge is 2.20. The first-order valence-corrected chi connectivity index (χ1v) is 8.33. The Bertz CT molecular complexity index is 803. The van der Waals surface area contributed by atoms with Gasteiger partial charge >= 0.3 is 5.97 Å². The number of rotatable bonds is 5. The maximum atomic E-state index is 12.2. The Labute approximate surface area is 136 Å². The van der Waals surface area contributed by atoms with E-state index in [2.05, 4.69) is 10.3 Å². The Kier molecular flexibility index (Phi) is 4.29. The monoisotopic (exact) mass is 331 g/mol. The van der Waals surface area contributed by atoms with Crippen LogP contribution in [0.15, 0.2) is 28.5 Å². The highest BCUT2D eigenvalue weighted by Crippen LogP contribution is 2.25. The molecule has 120 valence electrons. The average Bonchev–Trinajstić information content (AvgIpc) is 3.18. The second-order valence-corrected chi connectivity index (χ2v) is 6.51. The molecule has 0 spiro atoms. The summed E-state index contributed by atoms with van der Waals surface area (Å²) in [6.45, 7) is 0. The van der Waals surface area contributed by atoms with Gasteiger partial charge in [0.15, 0.2) is 0 Å². The van der Waals surface area contributed by atoms with Crippen LogP contribution in [0.25, 0.3) is 0 Å².